The molecule has 0 radical (unpaired) electrons. The molecule has 4 heterocycles. The van der Waals surface area contributed by atoms with Crippen LogP contribution in [0, 0.1) is 17.1 Å². The molecule has 13 nitrogen and oxygen atoms in total. The first kappa shape index (κ1) is 35.4. The number of anilines is 2. The largest absolute Gasteiger partial charge is 0.343 e. The molecule has 3 aromatic heterocycles. The minimum absolute atomic E-state index is 0.0574. The number of benzene rings is 2. The Balaban J connectivity index is 1.10. The molecule has 16 heteroatoms. The van der Waals surface area contributed by atoms with E-state index in [1.165, 1.54) is 23.2 Å². The molecule has 274 valence electrons. The first-order chi connectivity index (χ1) is 25.8. The van der Waals surface area contributed by atoms with E-state index in [4.69, 9.17) is 28.5 Å². The maximum absolute atomic E-state index is 14.6. The number of hydrogen-bond donors (Lipinski definition) is 2. The van der Waals surface area contributed by atoms with E-state index >= 15 is 0 Å². The fourth-order valence-electron chi connectivity index (χ4n) is 6.97. The second-order valence-corrected chi connectivity index (χ2v) is 15.4. The van der Waals surface area contributed by atoms with Crippen LogP contribution in [0.5, 0.6) is 0 Å². The van der Waals surface area contributed by atoms with E-state index in [0.717, 1.165) is 29.7 Å². The fourth-order valence-corrected chi connectivity index (χ4v) is 7.44. The average Bonchev–Trinajstić information content (AvgIpc) is 3.97. The summed E-state index contributed by atoms with van der Waals surface area (Å²) in [5, 5.41) is 14.6. The first-order valence-electron chi connectivity index (χ1n) is 17.4. The highest BCUT2D eigenvalue weighted by atomic mass is 35.5. The van der Waals surface area contributed by atoms with Gasteiger partial charge in [0.2, 0.25) is 17.7 Å². The van der Waals surface area contributed by atoms with Crippen molar-refractivity contribution in [2.45, 2.75) is 75.5 Å². The van der Waals surface area contributed by atoms with Gasteiger partial charge in [0.25, 0.3) is 11.8 Å². The number of nitrogens with one attached hydrogen (secondary N) is 2. The highest BCUT2D eigenvalue weighted by Crippen LogP contribution is 2.48. The lowest BCUT2D eigenvalue weighted by atomic mass is 9.90. The molecule has 2 saturated carbocycles. The summed E-state index contributed by atoms with van der Waals surface area (Å²) in [4.78, 5) is 61.0. The summed E-state index contributed by atoms with van der Waals surface area (Å²) < 4.78 is 18.0. The molecule has 0 saturated heterocycles. The predicted molar refractivity (Wildman–Crippen MR) is 196 cm³/mol. The van der Waals surface area contributed by atoms with Gasteiger partial charge >= 0.3 is 0 Å². The van der Waals surface area contributed by atoms with Crippen LogP contribution in [0.3, 0.4) is 0 Å². The molecule has 1 aliphatic heterocycles. The number of halogens is 3. The molecular weight excluding hydrogens is 734 g/mol. The van der Waals surface area contributed by atoms with E-state index < -0.39 is 34.2 Å². The van der Waals surface area contributed by atoms with Crippen molar-refractivity contribution < 1.29 is 18.8 Å². The van der Waals surface area contributed by atoms with E-state index in [9.17, 15) is 18.8 Å². The third kappa shape index (κ3) is 5.88. The number of rotatable bonds is 10. The Hall–Kier alpha value is -5.65. The Morgan fingerprint density at radius 3 is 2.20 bits per heavy atom. The van der Waals surface area contributed by atoms with Gasteiger partial charge in [-0.05, 0) is 69.7 Å². The number of aromatic nitrogens is 6. The second kappa shape index (κ2) is 12.7. The van der Waals surface area contributed by atoms with Gasteiger partial charge in [-0.2, -0.15) is 5.26 Å². The SMILES string of the molecule is CC(C)n1cnc(C2(NC(=O)C3(NC(=O)c4cnc5n4[C@](C)(Cc4ccc(-c6cnc(C#N)nc6)cc4)C(=O)N5c4cc(Cl)c(F)c(Cl)c4)CC3)CC2)c1. The van der Waals surface area contributed by atoms with Gasteiger partial charge in [-0.25, -0.2) is 29.2 Å². The number of carbonyl (C=O) groups is 3. The monoisotopic (exact) mass is 766 g/mol. The maximum atomic E-state index is 14.6. The second-order valence-electron chi connectivity index (χ2n) is 14.6. The van der Waals surface area contributed by atoms with E-state index in [-0.39, 0.29) is 51.6 Å². The molecule has 0 spiro atoms. The molecule has 2 aliphatic carbocycles. The lowest BCUT2D eigenvalue weighted by Crippen LogP contribution is -2.52. The van der Waals surface area contributed by atoms with Crippen molar-refractivity contribution in [3.63, 3.8) is 0 Å². The van der Waals surface area contributed by atoms with Gasteiger partial charge in [0.05, 0.1) is 39.5 Å². The van der Waals surface area contributed by atoms with Crippen molar-refractivity contribution in [1.82, 2.24) is 39.7 Å². The van der Waals surface area contributed by atoms with Crippen LogP contribution in [-0.4, -0.2) is 52.3 Å². The number of fused-ring (bicyclic) bond motifs is 1. The van der Waals surface area contributed by atoms with Gasteiger partial charge in [-0.3, -0.25) is 19.0 Å². The van der Waals surface area contributed by atoms with Crippen LogP contribution in [0.1, 0.15) is 80.1 Å². The van der Waals surface area contributed by atoms with Crippen LogP contribution in [0.2, 0.25) is 10.0 Å². The van der Waals surface area contributed by atoms with Crippen molar-refractivity contribution >= 4 is 52.6 Å². The van der Waals surface area contributed by atoms with Crippen molar-refractivity contribution in [2.24, 2.45) is 0 Å². The van der Waals surface area contributed by atoms with E-state index in [1.54, 1.807) is 30.2 Å². The van der Waals surface area contributed by atoms with Crippen LogP contribution < -0.4 is 15.5 Å². The molecule has 2 fully saturated rings. The van der Waals surface area contributed by atoms with Crippen LogP contribution in [0.25, 0.3) is 11.1 Å². The molecule has 54 heavy (non-hydrogen) atoms. The van der Waals surface area contributed by atoms with Crippen molar-refractivity contribution in [1.29, 1.82) is 5.26 Å². The third-order valence-electron chi connectivity index (χ3n) is 10.5. The van der Waals surface area contributed by atoms with Crippen molar-refractivity contribution in [3.05, 3.63) is 106 Å². The van der Waals surface area contributed by atoms with Crippen LogP contribution in [-0.2, 0) is 27.1 Å². The zero-order valence-corrected chi connectivity index (χ0v) is 30.9. The Kier molecular flexibility index (Phi) is 8.35. The number of nitriles is 1. The molecule has 8 rings (SSSR count). The summed E-state index contributed by atoms with van der Waals surface area (Å²) in [6.45, 7) is 5.80. The van der Waals surface area contributed by atoms with Gasteiger partial charge in [0.15, 0.2) is 5.82 Å². The number of imidazole rings is 2. The summed E-state index contributed by atoms with van der Waals surface area (Å²) in [5.41, 5.74) is 0.118. The molecule has 0 unspecified atom stereocenters. The van der Waals surface area contributed by atoms with Gasteiger partial charge in [0.1, 0.15) is 22.8 Å². The Bertz CT molecular complexity index is 2370. The summed E-state index contributed by atoms with van der Waals surface area (Å²) in [5.74, 6) is -2.01. The average molecular weight is 768 g/mol. The molecule has 2 N–H and O–H groups in total. The highest BCUT2D eigenvalue weighted by Gasteiger charge is 2.57. The van der Waals surface area contributed by atoms with Crippen LogP contribution in [0.4, 0.5) is 16.0 Å². The summed E-state index contributed by atoms with van der Waals surface area (Å²) in [6.07, 6.45) is 10.7. The number of carbonyl (C=O) groups excluding carboxylic acids is 3. The fraction of sp³-hybridized carbons (Fsp3) is 0.316. The minimum Gasteiger partial charge on any atom is -0.343 e. The molecule has 1 atom stereocenters. The normalized spacial score (nSPS) is 19.0. The Morgan fingerprint density at radius 1 is 0.963 bits per heavy atom. The lowest BCUT2D eigenvalue weighted by molar-refractivity contribution is -0.125. The third-order valence-corrected chi connectivity index (χ3v) is 11.0. The maximum Gasteiger partial charge on any atom is 0.270 e. The van der Waals surface area contributed by atoms with E-state index in [0.29, 0.717) is 18.4 Å². The van der Waals surface area contributed by atoms with Gasteiger partial charge in [-0.15, -0.1) is 0 Å². The Morgan fingerprint density at radius 2 is 1.63 bits per heavy atom. The summed E-state index contributed by atoms with van der Waals surface area (Å²) >= 11 is 12.3. The van der Waals surface area contributed by atoms with Gasteiger partial charge in [-0.1, -0.05) is 47.5 Å². The standard InChI is InChI=1S/C38H33Cl2FN10O3/c1-21(2)49-19-29(46-20-49)37(8-9-37)48-33(53)38(10-11-38)47-32(52)28-18-45-35-50(25-12-26(39)31(41)27(40)13-25)34(54)36(3,51(28)35)14-22-4-6-23(7-5-22)24-16-43-30(15-42)44-17-24/h4-7,12-13,16-21H,8-11,14H2,1-3H3,(H,47,52)(H,48,53)/t36-/m1/s1. The molecule has 3 aliphatic rings. The topological polar surface area (TPSA) is 164 Å². The first-order valence-corrected chi connectivity index (χ1v) is 18.1. The molecular formula is C38H33Cl2FN10O3. The molecule has 0 bridgehead atoms. The van der Waals surface area contributed by atoms with Crippen LogP contribution >= 0.6 is 23.2 Å². The van der Waals surface area contributed by atoms with Crippen molar-refractivity contribution in [3.8, 4) is 17.2 Å². The molecule has 2 aromatic carbocycles. The number of amides is 3. The molecule has 3 amide bonds. The zero-order chi connectivity index (χ0) is 38.2. The van der Waals surface area contributed by atoms with Gasteiger partial charge < -0.3 is 15.2 Å². The highest BCUT2D eigenvalue weighted by molar-refractivity contribution is 6.35. The van der Waals surface area contributed by atoms with Crippen molar-refractivity contribution in [2.75, 3.05) is 4.90 Å². The number of hydrogen-bond acceptors (Lipinski definition) is 8. The quantitative estimate of drug-likeness (QED) is 0.160. The summed E-state index contributed by atoms with van der Waals surface area (Å²) in [6, 6.07) is 12.1. The Labute approximate surface area is 319 Å². The number of nitrogens with zero attached hydrogens (tertiary/aromatic N) is 8. The van der Waals surface area contributed by atoms with E-state index in [1.807, 2.05) is 41.1 Å². The van der Waals surface area contributed by atoms with Gasteiger partial charge in [0, 0.05) is 36.6 Å². The zero-order valence-electron chi connectivity index (χ0n) is 29.4. The smallest absolute Gasteiger partial charge is 0.270 e. The molecule has 5 aromatic rings. The predicted octanol–water partition coefficient (Wildman–Crippen LogP) is 6.14. The minimum atomic E-state index is -1.42. The van der Waals surface area contributed by atoms with Crippen LogP contribution in [0.15, 0.2) is 67.5 Å². The van der Waals surface area contributed by atoms with E-state index in [2.05, 4.69) is 44.4 Å². The lowest BCUT2D eigenvalue weighted by Gasteiger charge is -2.27. The summed E-state index contributed by atoms with van der Waals surface area (Å²) in [7, 11) is 0.